The average Bonchev–Trinajstić information content (AvgIpc) is 3.18. The Kier molecular flexibility index (Phi) is 4.29. The lowest BCUT2D eigenvalue weighted by molar-refractivity contribution is 0.0835. The number of pyridine rings is 1. The monoisotopic (exact) mass is 304 g/mol. The fourth-order valence-electron chi connectivity index (χ4n) is 2.22. The molecule has 1 amide bonds. The molecule has 8 heteroatoms. The van der Waals surface area contributed by atoms with E-state index in [1.54, 1.807) is 6.07 Å². The third kappa shape index (κ3) is 3.22. The van der Waals surface area contributed by atoms with Crippen molar-refractivity contribution in [1.82, 2.24) is 20.4 Å². The van der Waals surface area contributed by atoms with Gasteiger partial charge >= 0.3 is 0 Å². The third-order valence-corrected chi connectivity index (χ3v) is 3.32. The van der Waals surface area contributed by atoms with E-state index in [0.717, 1.165) is 12.8 Å². The molecule has 3 rings (SSSR count). The van der Waals surface area contributed by atoms with Gasteiger partial charge in [-0.25, -0.2) is 4.98 Å². The molecule has 1 atom stereocenters. The average molecular weight is 304 g/mol. The third-order valence-electron chi connectivity index (χ3n) is 3.32. The van der Waals surface area contributed by atoms with Gasteiger partial charge in [-0.15, -0.1) is 0 Å². The highest BCUT2D eigenvalue weighted by Crippen LogP contribution is 2.26. The van der Waals surface area contributed by atoms with E-state index >= 15 is 0 Å². The smallest absolute Gasteiger partial charge is 0.273 e. The van der Waals surface area contributed by atoms with Crippen LogP contribution in [-0.4, -0.2) is 39.3 Å². The summed E-state index contributed by atoms with van der Waals surface area (Å²) < 4.78 is 10.6. The number of aromatic hydroxyl groups is 1. The lowest BCUT2D eigenvalue weighted by atomic mass is 10.2. The van der Waals surface area contributed by atoms with E-state index in [-0.39, 0.29) is 17.5 Å². The van der Waals surface area contributed by atoms with E-state index in [2.05, 4.69) is 20.4 Å². The molecular formula is C14H16N4O4. The van der Waals surface area contributed by atoms with Crippen molar-refractivity contribution in [3.05, 3.63) is 35.7 Å². The minimum Gasteiger partial charge on any atom is -0.505 e. The summed E-state index contributed by atoms with van der Waals surface area (Å²) in [5.74, 6) is 0.401. The van der Waals surface area contributed by atoms with Gasteiger partial charge in [-0.3, -0.25) is 4.79 Å². The van der Waals surface area contributed by atoms with Crippen molar-refractivity contribution in [3.8, 4) is 5.75 Å². The summed E-state index contributed by atoms with van der Waals surface area (Å²) in [5, 5.41) is 16.1. The highest BCUT2D eigenvalue weighted by molar-refractivity contribution is 5.94. The van der Waals surface area contributed by atoms with Gasteiger partial charge in [0, 0.05) is 25.8 Å². The van der Waals surface area contributed by atoms with Crippen molar-refractivity contribution in [2.75, 3.05) is 13.2 Å². The Morgan fingerprint density at radius 1 is 1.50 bits per heavy atom. The minimum absolute atomic E-state index is 0.00402. The molecule has 2 aromatic heterocycles. The Morgan fingerprint density at radius 3 is 3.18 bits per heavy atom. The molecule has 1 fully saturated rings. The second-order valence-corrected chi connectivity index (χ2v) is 4.93. The van der Waals surface area contributed by atoms with Crippen LogP contribution >= 0.6 is 0 Å². The summed E-state index contributed by atoms with van der Waals surface area (Å²) in [7, 11) is 0. The molecule has 0 unspecified atom stereocenters. The van der Waals surface area contributed by atoms with Gasteiger partial charge in [-0.05, 0) is 25.0 Å². The summed E-state index contributed by atoms with van der Waals surface area (Å²) >= 11 is 0. The predicted octanol–water partition coefficient (Wildman–Crippen LogP) is 0.994. The lowest BCUT2D eigenvalue weighted by Gasteiger charge is -2.04. The first-order chi connectivity index (χ1) is 10.7. The summed E-state index contributed by atoms with van der Waals surface area (Å²) in [5.41, 5.74) is -0.00402. The Labute approximate surface area is 126 Å². The number of aromatic nitrogens is 3. The predicted molar refractivity (Wildman–Crippen MR) is 74.2 cm³/mol. The van der Waals surface area contributed by atoms with Crippen LogP contribution in [0, 0.1) is 0 Å². The zero-order chi connectivity index (χ0) is 15.4. The highest BCUT2D eigenvalue weighted by Gasteiger charge is 2.23. The van der Waals surface area contributed by atoms with Gasteiger partial charge in [-0.1, -0.05) is 5.16 Å². The van der Waals surface area contributed by atoms with Crippen LogP contribution in [0.4, 0.5) is 0 Å². The molecule has 0 aliphatic carbocycles. The van der Waals surface area contributed by atoms with E-state index in [0.29, 0.717) is 31.3 Å². The molecule has 2 aromatic rings. The summed E-state index contributed by atoms with van der Waals surface area (Å²) in [6, 6.07) is 2.97. The maximum absolute atomic E-state index is 11.9. The summed E-state index contributed by atoms with van der Waals surface area (Å²) in [6.07, 6.45) is 3.64. The van der Waals surface area contributed by atoms with Crippen LogP contribution in [0.15, 0.2) is 22.9 Å². The Balaban J connectivity index is 1.51. The van der Waals surface area contributed by atoms with Crippen LogP contribution < -0.4 is 5.32 Å². The Morgan fingerprint density at radius 2 is 2.41 bits per heavy atom. The van der Waals surface area contributed by atoms with Crippen molar-refractivity contribution >= 4 is 5.91 Å². The molecular weight excluding hydrogens is 288 g/mol. The van der Waals surface area contributed by atoms with Crippen LogP contribution in [0.1, 0.15) is 41.1 Å². The quantitative estimate of drug-likeness (QED) is 0.847. The second kappa shape index (κ2) is 6.52. The molecule has 0 bridgehead atoms. The number of nitrogens with zero attached hydrogens (tertiary/aromatic N) is 3. The van der Waals surface area contributed by atoms with Gasteiger partial charge in [0.15, 0.2) is 11.5 Å². The first-order valence-electron chi connectivity index (χ1n) is 7.10. The largest absolute Gasteiger partial charge is 0.505 e. The molecule has 0 aromatic carbocycles. The van der Waals surface area contributed by atoms with E-state index in [1.165, 1.54) is 12.3 Å². The Bertz CT molecular complexity index is 652. The highest BCUT2D eigenvalue weighted by atomic mass is 16.5. The van der Waals surface area contributed by atoms with Crippen LogP contribution in [-0.2, 0) is 11.2 Å². The van der Waals surface area contributed by atoms with Crippen LogP contribution in [0.2, 0.25) is 0 Å². The van der Waals surface area contributed by atoms with Gasteiger partial charge in [0.05, 0.1) is 0 Å². The first-order valence-corrected chi connectivity index (χ1v) is 7.10. The summed E-state index contributed by atoms with van der Waals surface area (Å²) in [4.78, 5) is 19.9. The standard InChI is InChI=1S/C14H16N4O4/c19-9-3-1-6-15-12(9)13(20)16-7-5-11-17-14(22-18-11)10-4-2-8-21-10/h1,3,6,10,19H,2,4-5,7-8H2,(H,16,20)/t10-/m1/s1. The van der Waals surface area contributed by atoms with Crippen molar-refractivity contribution in [2.24, 2.45) is 0 Å². The van der Waals surface area contributed by atoms with Gasteiger partial charge in [0.2, 0.25) is 0 Å². The molecule has 8 nitrogen and oxygen atoms in total. The van der Waals surface area contributed by atoms with Crippen LogP contribution in [0.5, 0.6) is 5.75 Å². The van der Waals surface area contributed by atoms with Crippen molar-refractivity contribution in [2.45, 2.75) is 25.4 Å². The fourth-order valence-corrected chi connectivity index (χ4v) is 2.22. The number of nitrogens with one attached hydrogen (secondary N) is 1. The van der Waals surface area contributed by atoms with Gasteiger partial charge in [0.1, 0.15) is 11.9 Å². The minimum atomic E-state index is -0.444. The maximum atomic E-state index is 11.9. The first kappa shape index (κ1) is 14.5. The zero-order valence-corrected chi connectivity index (χ0v) is 11.9. The second-order valence-electron chi connectivity index (χ2n) is 4.93. The number of carbonyl (C=O) groups excluding carboxylic acids is 1. The number of carbonyl (C=O) groups is 1. The molecule has 1 aliphatic heterocycles. The van der Waals surface area contributed by atoms with Crippen molar-refractivity contribution < 1.29 is 19.2 Å². The molecule has 0 spiro atoms. The zero-order valence-electron chi connectivity index (χ0n) is 11.9. The molecule has 2 N–H and O–H groups in total. The molecule has 22 heavy (non-hydrogen) atoms. The summed E-state index contributed by atoms with van der Waals surface area (Å²) in [6.45, 7) is 1.03. The van der Waals surface area contributed by atoms with E-state index in [9.17, 15) is 9.90 Å². The number of ether oxygens (including phenoxy) is 1. The van der Waals surface area contributed by atoms with Crippen LogP contribution in [0.3, 0.4) is 0 Å². The molecule has 1 aliphatic rings. The molecule has 3 heterocycles. The lowest BCUT2D eigenvalue weighted by Crippen LogP contribution is -2.26. The Hall–Kier alpha value is -2.48. The van der Waals surface area contributed by atoms with E-state index in [4.69, 9.17) is 9.26 Å². The number of rotatable bonds is 5. The maximum Gasteiger partial charge on any atom is 0.273 e. The SMILES string of the molecule is O=C(NCCc1noc([C@H]2CCCO2)n1)c1ncccc1O. The van der Waals surface area contributed by atoms with Gasteiger partial charge in [-0.2, -0.15) is 4.98 Å². The number of hydrogen-bond donors (Lipinski definition) is 2. The molecule has 116 valence electrons. The molecule has 0 radical (unpaired) electrons. The van der Waals surface area contributed by atoms with Crippen molar-refractivity contribution in [3.63, 3.8) is 0 Å². The van der Waals surface area contributed by atoms with Crippen molar-refractivity contribution in [1.29, 1.82) is 0 Å². The topological polar surface area (TPSA) is 110 Å². The normalized spacial score (nSPS) is 17.5. The fraction of sp³-hybridized carbons (Fsp3) is 0.429. The van der Waals surface area contributed by atoms with Gasteiger partial charge in [0.25, 0.3) is 11.8 Å². The number of hydrogen-bond acceptors (Lipinski definition) is 7. The van der Waals surface area contributed by atoms with Crippen LogP contribution in [0.25, 0.3) is 0 Å². The molecule has 1 saturated heterocycles. The van der Waals surface area contributed by atoms with Gasteiger partial charge < -0.3 is 19.7 Å². The van der Waals surface area contributed by atoms with E-state index < -0.39 is 5.91 Å². The number of amides is 1. The molecule has 0 saturated carbocycles. The van der Waals surface area contributed by atoms with E-state index in [1.807, 2.05) is 0 Å².